The Hall–Kier alpha value is -2.22. The van der Waals surface area contributed by atoms with Crippen molar-refractivity contribution in [1.29, 1.82) is 0 Å². The molecular formula is C30H48N4O3. The SMILES string of the molecule is C=C(C=C(C)C(=CC)OC(C)CC)c1nc(C(C)=C2CCCCC(NC(O)N3CCCC3)C2CC)no1. The smallest absolute Gasteiger partial charge is 0.257 e. The highest BCUT2D eigenvalue weighted by atomic mass is 16.5. The summed E-state index contributed by atoms with van der Waals surface area (Å²) in [5, 5.41) is 18.7. The van der Waals surface area contributed by atoms with Crippen LogP contribution >= 0.6 is 0 Å². The second-order valence-corrected chi connectivity index (χ2v) is 10.6. The second-order valence-electron chi connectivity index (χ2n) is 10.6. The molecule has 2 fully saturated rings. The van der Waals surface area contributed by atoms with E-state index in [0.29, 0.717) is 23.2 Å². The average molecular weight is 513 g/mol. The molecule has 0 aromatic carbocycles. The van der Waals surface area contributed by atoms with E-state index in [1.807, 2.05) is 26.0 Å². The van der Waals surface area contributed by atoms with Gasteiger partial charge in [0.1, 0.15) is 5.76 Å². The number of aliphatic hydroxyl groups is 1. The van der Waals surface area contributed by atoms with Gasteiger partial charge in [0.2, 0.25) is 0 Å². The van der Waals surface area contributed by atoms with E-state index in [1.165, 1.54) is 5.57 Å². The minimum atomic E-state index is -0.581. The molecule has 0 radical (unpaired) electrons. The van der Waals surface area contributed by atoms with E-state index in [4.69, 9.17) is 14.2 Å². The lowest BCUT2D eigenvalue weighted by atomic mass is 9.85. The zero-order valence-electron chi connectivity index (χ0n) is 23.8. The van der Waals surface area contributed by atoms with Crippen molar-refractivity contribution >= 4 is 11.1 Å². The van der Waals surface area contributed by atoms with Crippen molar-refractivity contribution < 1.29 is 14.4 Å². The lowest BCUT2D eigenvalue weighted by Gasteiger charge is -2.33. The van der Waals surface area contributed by atoms with E-state index in [-0.39, 0.29) is 12.1 Å². The first-order valence-corrected chi connectivity index (χ1v) is 14.2. The van der Waals surface area contributed by atoms with Crippen molar-refractivity contribution in [2.45, 2.75) is 111 Å². The Balaban J connectivity index is 1.79. The van der Waals surface area contributed by atoms with E-state index in [9.17, 15) is 5.11 Å². The monoisotopic (exact) mass is 512 g/mol. The molecule has 1 aromatic heterocycles. The summed E-state index contributed by atoms with van der Waals surface area (Å²) in [6.45, 7) is 18.6. The number of likely N-dealkylation sites (tertiary alicyclic amines) is 1. The normalized spacial score (nSPS) is 25.1. The third-order valence-electron chi connectivity index (χ3n) is 7.90. The molecule has 7 nitrogen and oxygen atoms in total. The molecule has 7 heteroatoms. The van der Waals surface area contributed by atoms with E-state index in [0.717, 1.165) is 81.4 Å². The van der Waals surface area contributed by atoms with Crippen molar-refractivity contribution in [2.24, 2.45) is 5.92 Å². The van der Waals surface area contributed by atoms with E-state index < -0.39 is 6.35 Å². The number of aromatic nitrogens is 2. The summed E-state index contributed by atoms with van der Waals surface area (Å²) in [5.41, 5.74) is 4.09. The molecule has 1 aliphatic carbocycles. The standard InChI is InChI=1S/C30H48N4O3/c1-8-22(6)36-27(10-3)20(4)19-21(5)29-32-28(33-37-29)23(7)25-15-11-12-16-26(24(25)9-2)31-30(35)34-17-13-14-18-34/h10,19,22,24,26,30-31,35H,5,8-9,11-18H2,1-4,6-7H3. The van der Waals surface area contributed by atoms with Gasteiger partial charge in [-0.1, -0.05) is 37.6 Å². The van der Waals surface area contributed by atoms with Gasteiger partial charge in [0, 0.05) is 24.7 Å². The predicted molar refractivity (Wildman–Crippen MR) is 150 cm³/mol. The Kier molecular flexibility index (Phi) is 11.2. The highest BCUT2D eigenvalue weighted by molar-refractivity contribution is 5.70. The molecule has 0 bridgehead atoms. The molecule has 2 N–H and O–H groups in total. The van der Waals surface area contributed by atoms with Crippen LogP contribution in [-0.4, -0.2) is 51.7 Å². The third kappa shape index (κ3) is 7.65. The predicted octanol–water partition coefficient (Wildman–Crippen LogP) is 6.45. The van der Waals surface area contributed by atoms with Crippen LogP contribution in [0.4, 0.5) is 0 Å². The zero-order chi connectivity index (χ0) is 26.9. The van der Waals surface area contributed by atoms with E-state index in [1.54, 1.807) is 0 Å². The van der Waals surface area contributed by atoms with E-state index >= 15 is 0 Å². The van der Waals surface area contributed by atoms with Crippen LogP contribution < -0.4 is 5.32 Å². The average Bonchev–Trinajstić information content (AvgIpc) is 3.57. The van der Waals surface area contributed by atoms with Crippen LogP contribution in [-0.2, 0) is 4.74 Å². The highest BCUT2D eigenvalue weighted by Gasteiger charge is 2.31. The van der Waals surface area contributed by atoms with Crippen LogP contribution in [0.1, 0.15) is 105 Å². The van der Waals surface area contributed by atoms with Gasteiger partial charge in [-0.3, -0.25) is 10.2 Å². The summed E-state index contributed by atoms with van der Waals surface area (Å²) in [6, 6.07) is 0.227. The lowest BCUT2D eigenvalue weighted by Crippen LogP contribution is -2.51. The van der Waals surface area contributed by atoms with Crippen LogP contribution in [0.3, 0.4) is 0 Å². The number of nitrogens with zero attached hydrogens (tertiary/aromatic N) is 3. The Labute approximate surface area is 223 Å². The molecule has 2 heterocycles. The molecular weight excluding hydrogens is 464 g/mol. The fourth-order valence-electron chi connectivity index (χ4n) is 5.52. The Bertz CT molecular complexity index is 987. The molecule has 3 rings (SSSR count). The van der Waals surface area contributed by atoms with Gasteiger partial charge in [0.05, 0.1) is 6.10 Å². The summed E-state index contributed by atoms with van der Waals surface area (Å²) in [7, 11) is 0. The number of hydrogen-bond donors (Lipinski definition) is 2. The molecule has 1 saturated carbocycles. The van der Waals surface area contributed by atoms with Gasteiger partial charge < -0.3 is 14.4 Å². The molecule has 206 valence electrons. The van der Waals surface area contributed by atoms with E-state index in [2.05, 4.69) is 49.6 Å². The molecule has 1 aliphatic heterocycles. The van der Waals surface area contributed by atoms with Crippen molar-refractivity contribution in [1.82, 2.24) is 20.4 Å². The highest BCUT2D eigenvalue weighted by Crippen LogP contribution is 2.36. The van der Waals surface area contributed by atoms with Gasteiger partial charge in [-0.05, 0) is 102 Å². The number of nitrogens with one attached hydrogen (secondary N) is 1. The fourth-order valence-corrected chi connectivity index (χ4v) is 5.52. The van der Waals surface area contributed by atoms with Gasteiger partial charge in [0.25, 0.3) is 5.89 Å². The summed E-state index contributed by atoms with van der Waals surface area (Å²) in [6.07, 6.45) is 12.1. The van der Waals surface area contributed by atoms with Crippen molar-refractivity contribution in [3.05, 3.63) is 47.4 Å². The number of hydrogen-bond acceptors (Lipinski definition) is 7. The fraction of sp³-hybridized carbons (Fsp3) is 0.667. The topological polar surface area (TPSA) is 83.6 Å². The van der Waals surface area contributed by atoms with Crippen molar-refractivity contribution in [3.8, 4) is 0 Å². The Morgan fingerprint density at radius 2 is 1.97 bits per heavy atom. The summed E-state index contributed by atoms with van der Waals surface area (Å²) in [5.74, 6) is 2.21. The van der Waals surface area contributed by atoms with Crippen LogP contribution in [0.25, 0.3) is 11.1 Å². The molecule has 4 unspecified atom stereocenters. The van der Waals surface area contributed by atoms with Crippen LogP contribution in [0.2, 0.25) is 0 Å². The third-order valence-corrected chi connectivity index (χ3v) is 7.90. The van der Waals surface area contributed by atoms with Gasteiger partial charge >= 0.3 is 0 Å². The largest absolute Gasteiger partial charge is 0.491 e. The molecule has 2 aliphatic rings. The number of ether oxygens (including phenoxy) is 1. The molecule has 1 saturated heterocycles. The van der Waals surface area contributed by atoms with Gasteiger partial charge in [0.15, 0.2) is 12.2 Å². The first-order chi connectivity index (χ1) is 17.8. The maximum absolute atomic E-state index is 10.8. The zero-order valence-corrected chi connectivity index (χ0v) is 23.8. The molecule has 37 heavy (non-hydrogen) atoms. The van der Waals surface area contributed by atoms with Gasteiger partial charge in [-0.2, -0.15) is 4.98 Å². The van der Waals surface area contributed by atoms with Gasteiger partial charge in [-0.15, -0.1) is 0 Å². The van der Waals surface area contributed by atoms with Crippen molar-refractivity contribution in [3.63, 3.8) is 0 Å². The maximum Gasteiger partial charge on any atom is 0.257 e. The maximum atomic E-state index is 10.8. The Morgan fingerprint density at radius 1 is 1.24 bits per heavy atom. The lowest BCUT2D eigenvalue weighted by molar-refractivity contribution is -0.0210. The molecule has 4 atom stereocenters. The van der Waals surface area contributed by atoms with Crippen molar-refractivity contribution in [2.75, 3.05) is 13.1 Å². The number of allylic oxidation sites excluding steroid dienone is 5. The molecule has 0 amide bonds. The first-order valence-electron chi connectivity index (χ1n) is 14.2. The molecule has 1 aromatic rings. The van der Waals surface area contributed by atoms with Gasteiger partial charge in [-0.25, -0.2) is 0 Å². The first kappa shape index (κ1) is 29.3. The van der Waals surface area contributed by atoms with Crippen LogP contribution in [0.5, 0.6) is 0 Å². The van der Waals surface area contributed by atoms with Crippen LogP contribution in [0, 0.1) is 5.92 Å². The van der Waals surface area contributed by atoms with Crippen LogP contribution in [0.15, 0.2) is 40.2 Å². The summed E-state index contributed by atoms with van der Waals surface area (Å²) in [4.78, 5) is 6.88. The molecule has 0 spiro atoms. The summed E-state index contributed by atoms with van der Waals surface area (Å²) >= 11 is 0. The second kappa shape index (κ2) is 14.1. The number of aliphatic hydroxyl groups excluding tert-OH is 1. The minimum Gasteiger partial charge on any atom is -0.491 e. The summed E-state index contributed by atoms with van der Waals surface area (Å²) < 4.78 is 11.7. The quantitative estimate of drug-likeness (QED) is 0.152. The minimum absolute atomic E-state index is 0.146. The number of rotatable bonds is 11. The Morgan fingerprint density at radius 3 is 2.62 bits per heavy atom.